The zero-order valence-corrected chi connectivity index (χ0v) is 11.5. The summed E-state index contributed by atoms with van der Waals surface area (Å²) in [6.45, 7) is 6.50. The molecule has 1 aromatic carbocycles. The average Bonchev–Trinajstić information content (AvgIpc) is 2.37. The van der Waals surface area contributed by atoms with Gasteiger partial charge in [0.1, 0.15) is 5.75 Å². The molecule has 0 saturated carbocycles. The molecule has 0 bridgehead atoms. The summed E-state index contributed by atoms with van der Waals surface area (Å²) >= 11 is 0. The molecule has 0 amide bonds. The molecule has 0 aromatic heterocycles. The number of benzene rings is 1. The summed E-state index contributed by atoms with van der Waals surface area (Å²) in [5.74, 6) is 0.876. The Labute approximate surface area is 109 Å². The van der Waals surface area contributed by atoms with Gasteiger partial charge in [-0.25, -0.2) is 0 Å². The SMILES string of the molecule is CCOc1ccc(C)cc1CCC(O)C(O)CC. The van der Waals surface area contributed by atoms with Crippen molar-refractivity contribution in [3.05, 3.63) is 29.3 Å². The van der Waals surface area contributed by atoms with Crippen LogP contribution < -0.4 is 4.74 Å². The predicted octanol–water partition coefficient (Wildman–Crippen LogP) is 2.46. The largest absolute Gasteiger partial charge is 0.494 e. The van der Waals surface area contributed by atoms with Crippen molar-refractivity contribution in [2.45, 2.75) is 52.2 Å². The van der Waals surface area contributed by atoms with Gasteiger partial charge >= 0.3 is 0 Å². The molecule has 0 saturated heterocycles. The molecule has 0 heterocycles. The molecule has 18 heavy (non-hydrogen) atoms. The molecule has 102 valence electrons. The second-order valence-corrected chi connectivity index (χ2v) is 4.63. The van der Waals surface area contributed by atoms with Gasteiger partial charge in [-0.3, -0.25) is 0 Å². The molecule has 0 radical (unpaired) electrons. The zero-order valence-electron chi connectivity index (χ0n) is 11.5. The maximum absolute atomic E-state index is 9.78. The van der Waals surface area contributed by atoms with E-state index in [0.29, 0.717) is 19.4 Å². The molecule has 0 fully saturated rings. The van der Waals surface area contributed by atoms with Crippen LogP contribution in [0.2, 0.25) is 0 Å². The molecule has 0 aliphatic carbocycles. The Morgan fingerprint density at radius 2 is 1.89 bits per heavy atom. The molecule has 2 atom stereocenters. The van der Waals surface area contributed by atoms with Crippen molar-refractivity contribution in [3.63, 3.8) is 0 Å². The number of aliphatic hydroxyl groups is 2. The summed E-state index contributed by atoms with van der Waals surface area (Å²) < 4.78 is 5.57. The van der Waals surface area contributed by atoms with Gasteiger partial charge in [-0.1, -0.05) is 24.6 Å². The number of hydrogen-bond acceptors (Lipinski definition) is 3. The average molecular weight is 252 g/mol. The van der Waals surface area contributed by atoms with Gasteiger partial charge < -0.3 is 14.9 Å². The van der Waals surface area contributed by atoms with Crippen LogP contribution >= 0.6 is 0 Å². The first kappa shape index (κ1) is 15.0. The highest BCUT2D eigenvalue weighted by Gasteiger charge is 2.15. The van der Waals surface area contributed by atoms with Crippen LogP contribution in [0.25, 0.3) is 0 Å². The normalized spacial score (nSPS) is 14.3. The van der Waals surface area contributed by atoms with Gasteiger partial charge in [0.15, 0.2) is 0 Å². The second kappa shape index (κ2) is 7.39. The topological polar surface area (TPSA) is 49.7 Å². The molecule has 1 aromatic rings. The smallest absolute Gasteiger partial charge is 0.122 e. The third-order valence-corrected chi connectivity index (χ3v) is 3.09. The fraction of sp³-hybridized carbons (Fsp3) is 0.600. The molecule has 2 N–H and O–H groups in total. The van der Waals surface area contributed by atoms with E-state index in [1.165, 1.54) is 5.56 Å². The molecular weight excluding hydrogens is 228 g/mol. The lowest BCUT2D eigenvalue weighted by Gasteiger charge is -2.17. The molecule has 3 heteroatoms. The van der Waals surface area contributed by atoms with Gasteiger partial charge in [0.2, 0.25) is 0 Å². The summed E-state index contributed by atoms with van der Waals surface area (Å²) in [7, 11) is 0. The molecule has 1 rings (SSSR count). The minimum Gasteiger partial charge on any atom is -0.494 e. The lowest BCUT2D eigenvalue weighted by Crippen LogP contribution is -2.25. The Kier molecular flexibility index (Phi) is 6.16. The Morgan fingerprint density at radius 1 is 1.17 bits per heavy atom. The van der Waals surface area contributed by atoms with E-state index < -0.39 is 12.2 Å². The van der Waals surface area contributed by atoms with E-state index >= 15 is 0 Å². The summed E-state index contributed by atoms with van der Waals surface area (Å²) in [6.07, 6.45) is 0.552. The number of aryl methyl sites for hydroxylation is 2. The van der Waals surface area contributed by atoms with Crippen LogP contribution in [0.3, 0.4) is 0 Å². The molecule has 0 aliphatic rings. The van der Waals surface area contributed by atoms with Crippen molar-refractivity contribution < 1.29 is 14.9 Å². The predicted molar refractivity (Wildman–Crippen MR) is 73.0 cm³/mol. The maximum atomic E-state index is 9.78. The highest BCUT2D eigenvalue weighted by atomic mass is 16.5. The Balaban J connectivity index is 2.67. The van der Waals surface area contributed by atoms with E-state index in [9.17, 15) is 10.2 Å². The monoisotopic (exact) mass is 252 g/mol. The minimum atomic E-state index is -0.662. The molecule has 0 spiro atoms. The van der Waals surface area contributed by atoms with Gasteiger partial charge in [-0.2, -0.15) is 0 Å². The van der Waals surface area contributed by atoms with Crippen molar-refractivity contribution in [2.24, 2.45) is 0 Å². The van der Waals surface area contributed by atoms with Crippen LogP contribution in [0.5, 0.6) is 5.75 Å². The van der Waals surface area contributed by atoms with Crippen molar-refractivity contribution in [1.82, 2.24) is 0 Å². The lowest BCUT2D eigenvalue weighted by molar-refractivity contribution is 0.0130. The Morgan fingerprint density at radius 3 is 2.50 bits per heavy atom. The summed E-state index contributed by atoms with van der Waals surface area (Å²) in [5, 5.41) is 19.3. The third kappa shape index (κ3) is 4.31. The summed E-state index contributed by atoms with van der Waals surface area (Å²) in [5.41, 5.74) is 2.28. The van der Waals surface area contributed by atoms with Crippen molar-refractivity contribution >= 4 is 0 Å². The van der Waals surface area contributed by atoms with Gasteiger partial charge in [0.25, 0.3) is 0 Å². The molecule has 3 nitrogen and oxygen atoms in total. The fourth-order valence-corrected chi connectivity index (χ4v) is 1.97. The van der Waals surface area contributed by atoms with E-state index in [-0.39, 0.29) is 0 Å². The quantitative estimate of drug-likeness (QED) is 0.783. The highest BCUT2D eigenvalue weighted by Crippen LogP contribution is 2.22. The van der Waals surface area contributed by atoms with E-state index in [1.807, 2.05) is 32.9 Å². The fourth-order valence-electron chi connectivity index (χ4n) is 1.97. The summed E-state index contributed by atoms with van der Waals surface area (Å²) in [6, 6.07) is 6.07. The molecular formula is C15H24O3. The minimum absolute atomic E-state index is 0.554. The third-order valence-electron chi connectivity index (χ3n) is 3.09. The van der Waals surface area contributed by atoms with Crippen LogP contribution in [0.4, 0.5) is 0 Å². The van der Waals surface area contributed by atoms with Crippen LogP contribution in [0.1, 0.15) is 37.8 Å². The second-order valence-electron chi connectivity index (χ2n) is 4.63. The van der Waals surface area contributed by atoms with E-state index in [4.69, 9.17) is 4.74 Å². The Bertz CT molecular complexity index is 363. The van der Waals surface area contributed by atoms with Crippen LogP contribution in [-0.4, -0.2) is 29.0 Å². The zero-order chi connectivity index (χ0) is 13.5. The van der Waals surface area contributed by atoms with Crippen molar-refractivity contribution in [2.75, 3.05) is 6.61 Å². The number of ether oxygens (including phenoxy) is 1. The molecule has 2 unspecified atom stereocenters. The van der Waals surface area contributed by atoms with Crippen LogP contribution in [0.15, 0.2) is 18.2 Å². The number of rotatable bonds is 7. The molecule has 0 aliphatic heterocycles. The standard InChI is InChI=1S/C15H24O3/c1-4-13(16)14(17)8-7-12-10-11(3)6-9-15(12)18-5-2/h6,9-10,13-14,16-17H,4-5,7-8H2,1-3H3. The highest BCUT2D eigenvalue weighted by molar-refractivity contribution is 5.37. The van der Waals surface area contributed by atoms with Gasteiger partial charge in [-0.05, 0) is 44.7 Å². The lowest BCUT2D eigenvalue weighted by atomic mass is 10.0. The van der Waals surface area contributed by atoms with Crippen molar-refractivity contribution in [3.8, 4) is 5.75 Å². The van der Waals surface area contributed by atoms with E-state index in [2.05, 4.69) is 6.07 Å². The number of aliphatic hydroxyl groups excluding tert-OH is 2. The van der Waals surface area contributed by atoms with E-state index in [1.54, 1.807) is 0 Å². The van der Waals surface area contributed by atoms with Crippen LogP contribution in [-0.2, 0) is 6.42 Å². The maximum Gasteiger partial charge on any atom is 0.122 e. The number of hydrogen-bond donors (Lipinski definition) is 2. The van der Waals surface area contributed by atoms with E-state index in [0.717, 1.165) is 17.7 Å². The van der Waals surface area contributed by atoms with Crippen LogP contribution in [0, 0.1) is 6.92 Å². The first-order chi connectivity index (χ1) is 8.58. The van der Waals surface area contributed by atoms with Gasteiger partial charge in [-0.15, -0.1) is 0 Å². The first-order valence-corrected chi connectivity index (χ1v) is 6.66. The summed E-state index contributed by atoms with van der Waals surface area (Å²) in [4.78, 5) is 0. The first-order valence-electron chi connectivity index (χ1n) is 6.66. The Hall–Kier alpha value is -1.06. The van der Waals surface area contributed by atoms with Gasteiger partial charge in [0, 0.05) is 0 Å². The van der Waals surface area contributed by atoms with Crippen molar-refractivity contribution in [1.29, 1.82) is 0 Å². The van der Waals surface area contributed by atoms with Gasteiger partial charge in [0.05, 0.1) is 18.8 Å².